The Morgan fingerprint density at radius 1 is 0.885 bits per heavy atom. The molecule has 1 aliphatic heterocycles. The maximum atomic E-state index is 12.9. The Morgan fingerprint density at radius 2 is 1.27 bits per heavy atom. The maximum absolute atomic E-state index is 12.9. The van der Waals surface area contributed by atoms with E-state index in [4.69, 9.17) is 0 Å². The van der Waals surface area contributed by atoms with Crippen molar-refractivity contribution in [3.05, 3.63) is 0 Å². The molecule has 1 unspecified atom stereocenters. The highest BCUT2D eigenvalue weighted by molar-refractivity contribution is 8.21. The average molecular weight is 399 g/mol. The predicted octanol–water partition coefficient (Wildman–Crippen LogP) is 2.48. The van der Waals surface area contributed by atoms with Gasteiger partial charge in [-0.25, -0.2) is 4.31 Å². The number of ketones is 2. The fraction of sp³-hybridized carbons (Fsp3) is 0.842. The number of carbonyl (C=O) groups is 3. The van der Waals surface area contributed by atoms with Crippen LogP contribution in [0, 0.1) is 21.7 Å². The molecule has 2 saturated carbocycles. The van der Waals surface area contributed by atoms with Crippen molar-refractivity contribution in [3.8, 4) is 0 Å². The molecule has 1 atom stereocenters. The van der Waals surface area contributed by atoms with Crippen LogP contribution in [0.4, 0.5) is 0 Å². The van der Waals surface area contributed by atoms with Crippen LogP contribution in [0.3, 0.4) is 0 Å². The predicted molar refractivity (Wildman–Crippen MR) is 102 cm³/mol. The number of hydrogen-bond donors (Lipinski definition) is 0. The van der Waals surface area contributed by atoms with Gasteiger partial charge in [0.1, 0.15) is 20.5 Å². The lowest BCUT2D eigenvalue weighted by Gasteiger charge is -2.68. The van der Waals surface area contributed by atoms with E-state index in [1.54, 1.807) is 18.7 Å². The molecule has 1 heterocycles. The first kappa shape index (κ1) is 20.2. The molecule has 3 aliphatic rings. The van der Waals surface area contributed by atoms with E-state index in [0.29, 0.717) is 0 Å². The van der Waals surface area contributed by atoms with Gasteiger partial charge in [0, 0.05) is 0 Å². The summed E-state index contributed by atoms with van der Waals surface area (Å²) in [5.41, 5.74) is -2.70. The Morgan fingerprint density at radius 3 is 1.65 bits per heavy atom. The second-order valence-electron chi connectivity index (χ2n) is 9.93. The number of thioether (sulfide) groups is 1. The van der Waals surface area contributed by atoms with Gasteiger partial charge in [0.25, 0.3) is 0 Å². The number of hydrogen-bond acceptors (Lipinski definition) is 7. The highest BCUT2D eigenvalue weighted by Crippen LogP contribution is 2.85. The summed E-state index contributed by atoms with van der Waals surface area (Å²) >= 11 is 3.08. The molecule has 0 aromatic heterocycles. The quantitative estimate of drug-likeness (QED) is 0.661. The van der Waals surface area contributed by atoms with Crippen LogP contribution in [0.5, 0.6) is 0 Å². The number of Topliss-reactive ketones (excluding diaryl/α,β-unsaturated/α-hetero) is 2. The third-order valence-corrected chi connectivity index (χ3v) is 12.6. The van der Waals surface area contributed by atoms with Gasteiger partial charge in [-0.1, -0.05) is 67.3 Å². The van der Waals surface area contributed by atoms with Crippen molar-refractivity contribution in [2.24, 2.45) is 21.7 Å². The first-order chi connectivity index (χ1) is 11.5. The van der Waals surface area contributed by atoms with E-state index in [1.165, 1.54) is 11.9 Å². The number of aliphatic carboxylic acids is 1. The van der Waals surface area contributed by atoms with Crippen LogP contribution in [-0.2, 0) is 14.4 Å². The summed E-state index contributed by atoms with van der Waals surface area (Å²) in [5.74, 6) is -0.877. The summed E-state index contributed by atoms with van der Waals surface area (Å²) in [7, 11) is 0. The minimum absolute atomic E-state index is 0.118. The van der Waals surface area contributed by atoms with Crippen molar-refractivity contribution in [2.75, 3.05) is 0 Å². The van der Waals surface area contributed by atoms with Crippen molar-refractivity contribution in [3.63, 3.8) is 0 Å². The van der Waals surface area contributed by atoms with Crippen LogP contribution < -0.4 is 5.11 Å². The zero-order chi connectivity index (χ0) is 20.3. The van der Waals surface area contributed by atoms with E-state index in [1.807, 2.05) is 59.7 Å². The van der Waals surface area contributed by atoms with Crippen molar-refractivity contribution < 1.29 is 19.5 Å². The number of nitrogens with zero attached hydrogens (tertiary/aromatic N) is 1. The Kier molecular flexibility index (Phi) is 3.81. The third kappa shape index (κ3) is 1.66. The first-order valence-corrected chi connectivity index (χ1v) is 10.5. The smallest absolute Gasteiger partial charge is 0.149 e. The summed E-state index contributed by atoms with van der Waals surface area (Å²) in [6.45, 7) is 16.9. The summed E-state index contributed by atoms with van der Waals surface area (Å²) < 4.78 is 1.33. The van der Waals surface area contributed by atoms with Crippen LogP contribution >= 0.6 is 23.7 Å². The summed E-state index contributed by atoms with van der Waals surface area (Å²) in [6.07, 6.45) is 0. The number of carboxylic acid groups (broad SMARTS) is 1. The molecule has 2 spiro atoms. The monoisotopic (exact) mass is 398 g/mol. The second-order valence-corrected chi connectivity index (χ2v) is 12.8. The van der Waals surface area contributed by atoms with Gasteiger partial charge in [-0.05, 0) is 6.92 Å². The number of rotatable bonds is 2. The van der Waals surface area contributed by atoms with Crippen LogP contribution in [0.15, 0.2) is 0 Å². The van der Waals surface area contributed by atoms with E-state index < -0.39 is 42.6 Å². The molecule has 26 heavy (non-hydrogen) atoms. The Balaban J connectivity index is 2.24. The molecule has 0 amide bonds. The van der Waals surface area contributed by atoms with E-state index in [9.17, 15) is 19.5 Å². The topological polar surface area (TPSA) is 77.5 Å². The van der Waals surface area contributed by atoms with Gasteiger partial charge in [-0.15, -0.1) is 11.8 Å². The minimum Gasteiger partial charge on any atom is -0.548 e. The molecule has 5 nitrogen and oxygen atoms in total. The second kappa shape index (κ2) is 4.90. The molecule has 146 valence electrons. The molecule has 3 rings (SSSR count). The average Bonchev–Trinajstić information content (AvgIpc) is 2.94. The van der Waals surface area contributed by atoms with Gasteiger partial charge >= 0.3 is 0 Å². The molecular formula is C19H28NO4S2-. The van der Waals surface area contributed by atoms with Crippen molar-refractivity contribution in [1.82, 2.24) is 4.31 Å². The van der Waals surface area contributed by atoms with E-state index in [0.717, 1.165) is 0 Å². The van der Waals surface area contributed by atoms with Crippen LogP contribution in [0.2, 0.25) is 0 Å². The molecular weight excluding hydrogens is 370 g/mol. The highest BCUT2D eigenvalue weighted by atomic mass is 32.2. The molecule has 1 saturated heterocycles. The Labute approximate surface area is 164 Å². The Bertz CT molecular complexity index is 702. The standard InChI is InChI=1S/C19H29NO4S2/c1-10(11(21)22)20-18(14(2,3)12(23)15(18,4)5)25-19(26-20)16(6,7)13(24)17(19,8)9/h10H,1-9H3,(H,21,22)/p-1. The summed E-state index contributed by atoms with van der Waals surface area (Å²) in [5, 5.41) is 11.8. The lowest BCUT2D eigenvalue weighted by molar-refractivity contribution is -0.311. The molecule has 2 aliphatic carbocycles. The minimum atomic E-state index is -1.17. The molecule has 0 bridgehead atoms. The SMILES string of the molecule is CC(C(=O)[O-])N1SC2(SC13C(C)(C)C(=O)C3(C)C)C(C)(C)C(=O)C2(C)C. The zero-order valence-corrected chi connectivity index (χ0v) is 18.6. The van der Waals surface area contributed by atoms with Crippen LogP contribution in [0.25, 0.3) is 0 Å². The van der Waals surface area contributed by atoms with E-state index in [-0.39, 0.29) is 11.6 Å². The molecule has 0 aromatic carbocycles. The molecule has 0 aromatic rings. The maximum Gasteiger partial charge on any atom is 0.149 e. The molecule has 7 heteroatoms. The van der Waals surface area contributed by atoms with E-state index in [2.05, 4.69) is 0 Å². The van der Waals surface area contributed by atoms with Crippen molar-refractivity contribution in [1.29, 1.82) is 0 Å². The lowest BCUT2D eigenvalue weighted by Crippen LogP contribution is -2.78. The van der Waals surface area contributed by atoms with Crippen LogP contribution in [-0.4, -0.2) is 36.8 Å². The van der Waals surface area contributed by atoms with Gasteiger partial charge in [-0.3, -0.25) is 9.59 Å². The normalized spacial score (nSPS) is 33.0. The van der Waals surface area contributed by atoms with Crippen molar-refractivity contribution in [2.45, 2.75) is 77.3 Å². The Hall–Kier alpha value is -0.530. The van der Waals surface area contributed by atoms with Crippen LogP contribution in [0.1, 0.15) is 62.3 Å². The summed E-state index contributed by atoms with van der Waals surface area (Å²) in [6, 6.07) is -0.874. The lowest BCUT2D eigenvalue weighted by atomic mass is 9.49. The zero-order valence-electron chi connectivity index (χ0n) is 17.0. The highest BCUT2D eigenvalue weighted by Gasteiger charge is 2.87. The molecule has 3 fully saturated rings. The van der Waals surface area contributed by atoms with Crippen molar-refractivity contribution >= 4 is 41.2 Å². The first-order valence-electron chi connectivity index (χ1n) is 8.96. The van der Waals surface area contributed by atoms with Gasteiger partial charge in [0.15, 0.2) is 0 Å². The number of carboxylic acids is 1. The largest absolute Gasteiger partial charge is 0.548 e. The third-order valence-electron chi connectivity index (χ3n) is 7.13. The molecule has 0 N–H and O–H groups in total. The summed E-state index contributed by atoms with van der Waals surface area (Å²) in [4.78, 5) is 36.8. The van der Waals surface area contributed by atoms with Gasteiger partial charge < -0.3 is 9.90 Å². The van der Waals surface area contributed by atoms with Gasteiger partial charge in [0.2, 0.25) is 0 Å². The molecule has 0 radical (unpaired) electrons. The fourth-order valence-corrected chi connectivity index (χ4v) is 10.6. The number of carbonyl (C=O) groups excluding carboxylic acids is 3. The van der Waals surface area contributed by atoms with Gasteiger partial charge in [0.05, 0.1) is 33.7 Å². The van der Waals surface area contributed by atoms with Gasteiger partial charge in [-0.2, -0.15) is 0 Å². The van der Waals surface area contributed by atoms with E-state index >= 15 is 0 Å². The fourth-order valence-electron chi connectivity index (χ4n) is 5.82.